The van der Waals surface area contributed by atoms with Crippen LogP contribution in [0.15, 0.2) is 18.2 Å². The van der Waals surface area contributed by atoms with Gasteiger partial charge in [0.2, 0.25) is 0 Å². The minimum atomic E-state index is -0.336. The van der Waals surface area contributed by atoms with Crippen LogP contribution in [0.3, 0.4) is 0 Å². The summed E-state index contributed by atoms with van der Waals surface area (Å²) in [6.07, 6.45) is 0.796. The van der Waals surface area contributed by atoms with Gasteiger partial charge in [-0.3, -0.25) is 4.79 Å². The Morgan fingerprint density at radius 2 is 1.65 bits per heavy atom. The largest absolute Gasteiger partial charge is 0.508 e. The van der Waals surface area contributed by atoms with Gasteiger partial charge in [-0.15, -0.1) is 0 Å². The summed E-state index contributed by atoms with van der Waals surface area (Å²) in [6.45, 7) is 0.993. The lowest BCUT2D eigenvalue weighted by molar-refractivity contribution is 0.0546. The standard InChI is InChI=1S/C12H15NO4/c14-9-1-3-13(4-2-9)12(17)8-5-10(15)7-11(16)6-8/h5-7,9,14-16H,1-4H2. The molecule has 0 unspecified atom stereocenters. The fourth-order valence-electron chi connectivity index (χ4n) is 1.97. The van der Waals surface area contributed by atoms with Gasteiger partial charge < -0.3 is 20.2 Å². The minimum Gasteiger partial charge on any atom is -0.508 e. The summed E-state index contributed by atoms with van der Waals surface area (Å²) >= 11 is 0. The average Bonchev–Trinajstić information content (AvgIpc) is 2.28. The van der Waals surface area contributed by atoms with Gasteiger partial charge in [0.25, 0.3) is 5.91 Å². The molecule has 1 aromatic rings. The van der Waals surface area contributed by atoms with Gasteiger partial charge >= 0.3 is 0 Å². The van der Waals surface area contributed by atoms with Crippen molar-refractivity contribution in [1.82, 2.24) is 4.90 Å². The molecule has 0 radical (unpaired) electrons. The SMILES string of the molecule is O=C(c1cc(O)cc(O)c1)N1CCC(O)CC1. The number of hydrogen-bond donors (Lipinski definition) is 3. The summed E-state index contributed by atoms with van der Waals surface area (Å²) in [4.78, 5) is 13.6. The van der Waals surface area contributed by atoms with Crippen LogP contribution >= 0.6 is 0 Å². The van der Waals surface area contributed by atoms with Crippen molar-refractivity contribution in [1.29, 1.82) is 0 Å². The van der Waals surface area contributed by atoms with Gasteiger partial charge in [-0.2, -0.15) is 0 Å². The van der Waals surface area contributed by atoms with Gasteiger partial charge in [-0.1, -0.05) is 0 Å². The molecule has 5 heteroatoms. The number of phenolic OH excluding ortho intramolecular Hbond substituents is 2. The molecule has 1 aliphatic rings. The molecule has 1 amide bonds. The molecule has 92 valence electrons. The summed E-state index contributed by atoms with van der Waals surface area (Å²) in [6, 6.07) is 3.83. The van der Waals surface area contributed by atoms with Crippen molar-refractivity contribution in [2.24, 2.45) is 0 Å². The third kappa shape index (κ3) is 2.68. The number of carbonyl (C=O) groups is 1. The molecule has 17 heavy (non-hydrogen) atoms. The van der Waals surface area contributed by atoms with Crippen LogP contribution in [0.4, 0.5) is 0 Å². The molecule has 2 rings (SSSR count). The molecule has 0 spiro atoms. The molecule has 0 saturated carbocycles. The highest BCUT2D eigenvalue weighted by atomic mass is 16.3. The number of piperidine rings is 1. The van der Waals surface area contributed by atoms with Crippen LogP contribution < -0.4 is 0 Å². The van der Waals surface area contributed by atoms with Crippen LogP contribution in [-0.2, 0) is 0 Å². The van der Waals surface area contributed by atoms with Crippen molar-refractivity contribution in [2.75, 3.05) is 13.1 Å². The quantitative estimate of drug-likeness (QED) is 0.671. The lowest BCUT2D eigenvalue weighted by Gasteiger charge is -2.29. The third-order valence-corrected chi connectivity index (χ3v) is 2.90. The number of aliphatic hydroxyl groups is 1. The Morgan fingerprint density at radius 1 is 1.12 bits per heavy atom. The van der Waals surface area contributed by atoms with E-state index in [1.165, 1.54) is 18.2 Å². The fourth-order valence-corrected chi connectivity index (χ4v) is 1.97. The van der Waals surface area contributed by atoms with Crippen molar-refractivity contribution in [3.8, 4) is 11.5 Å². The molecule has 1 saturated heterocycles. The van der Waals surface area contributed by atoms with Crippen LogP contribution in [-0.4, -0.2) is 45.3 Å². The molecule has 0 aromatic heterocycles. The number of phenols is 2. The Bertz CT molecular complexity index is 404. The number of rotatable bonds is 1. The molecule has 1 aromatic carbocycles. The summed E-state index contributed by atoms with van der Waals surface area (Å²) in [5.41, 5.74) is 0.263. The number of nitrogens with zero attached hydrogens (tertiary/aromatic N) is 1. The van der Waals surface area contributed by atoms with E-state index in [-0.39, 0.29) is 29.1 Å². The first-order valence-electron chi connectivity index (χ1n) is 5.56. The van der Waals surface area contributed by atoms with Crippen molar-refractivity contribution < 1.29 is 20.1 Å². The monoisotopic (exact) mass is 237 g/mol. The zero-order chi connectivity index (χ0) is 12.4. The summed E-state index contributed by atoms with van der Waals surface area (Å²) in [5, 5.41) is 28.0. The van der Waals surface area contributed by atoms with Crippen LogP contribution in [0.5, 0.6) is 11.5 Å². The normalized spacial score (nSPS) is 17.1. The Balaban J connectivity index is 2.14. The Hall–Kier alpha value is -1.75. The fraction of sp³-hybridized carbons (Fsp3) is 0.417. The first-order valence-corrected chi connectivity index (χ1v) is 5.56. The summed E-state index contributed by atoms with van der Waals surface area (Å²) in [5.74, 6) is -0.501. The molecule has 0 atom stereocenters. The van der Waals surface area contributed by atoms with Crippen LogP contribution in [0.2, 0.25) is 0 Å². The molecule has 0 bridgehead atoms. The van der Waals surface area contributed by atoms with Crippen molar-refractivity contribution in [3.63, 3.8) is 0 Å². The topological polar surface area (TPSA) is 81.0 Å². The first-order chi connectivity index (χ1) is 8.06. The first kappa shape index (κ1) is 11.7. The second-order valence-corrected chi connectivity index (χ2v) is 4.26. The van der Waals surface area contributed by atoms with E-state index >= 15 is 0 Å². The second kappa shape index (κ2) is 4.63. The van der Waals surface area contributed by atoms with Gasteiger partial charge in [0.15, 0.2) is 0 Å². The maximum atomic E-state index is 12.0. The Labute approximate surface area is 98.9 Å². The van der Waals surface area contributed by atoms with E-state index < -0.39 is 0 Å². The highest BCUT2D eigenvalue weighted by Gasteiger charge is 2.22. The van der Waals surface area contributed by atoms with E-state index in [4.69, 9.17) is 0 Å². The molecule has 1 aliphatic heterocycles. The smallest absolute Gasteiger partial charge is 0.254 e. The molecule has 0 aliphatic carbocycles. The number of hydrogen-bond acceptors (Lipinski definition) is 4. The average molecular weight is 237 g/mol. The molecular weight excluding hydrogens is 222 g/mol. The van der Waals surface area contributed by atoms with Crippen LogP contribution in [0.1, 0.15) is 23.2 Å². The second-order valence-electron chi connectivity index (χ2n) is 4.26. The number of likely N-dealkylation sites (tertiary alicyclic amines) is 1. The Kier molecular flexibility index (Phi) is 3.19. The molecule has 1 fully saturated rings. The van der Waals surface area contributed by atoms with Gasteiger partial charge in [0.05, 0.1) is 6.10 Å². The lowest BCUT2D eigenvalue weighted by Crippen LogP contribution is -2.40. The van der Waals surface area contributed by atoms with E-state index in [1.54, 1.807) is 4.90 Å². The zero-order valence-electron chi connectivity index (χ0n) is 9.33. The summed E-state index contributed by atoms with van der Waals surface area (Å²) in [7, 11) is 0. The number of carbonyl (C=O) groups excluding carboxylic acids is 1. The lowest BCUT2D eigenvalue weighted by atomic mass is 10.1. The molecular formula is C12H15NO4. The summed E-state index contributed by atoms with van der Waals surface area (Å²) < 4.78 is 0. The maximum absolute atomic E-state index is 12.0. The molecule has 5 nitrogen and oxygen atoms in total. The van der Waals surface area contributed by atoms with Crippen molar-refractivity contribution in [3.05, 3.63) is 23.8 Å². The van der Waals surface area contributed by atoms with Gasteiger partial charge in [-0.05, 0) is 25.0 Å². The number of aromatic hydroxyl groups is 2. The maximum Gasteiger partial charge on any atom is 0.254 e. The third-order valence-electron chi connectivity index (χ3n) is 2.90. The van der Waals surface area contributed by atoms with Crippen molar-refractivity contribution >= 4 is 5.91 Å². The predicted molar refractivity (Wildman–Crippen MR) is 60.9 cm³/mol. The van der Waals surface area contributed by atoms with E-state index in [0.29, 0.717) is 25.9 Å². The van der Waals surface area contributed by atoms with Crippen LogP contribution in [0, 0.1) is 0 Å². The molecule has 3 N–H and O–H groups in total. The van der Waals surface area contributed by atoms with Crippen LogP contribution in [0.25, 0.3) is 0 Å². The zero-order valence-corrected chi connectivity index (χ0v) is 9.33. The number of aliphatic hydroxyl groups excluding tert-OH is 1. The van der Waals surface area contributed by atoms with Gasteiger partial charge in [-0.25, -0.2) is 0 Å². The Morgan fingerprint density at radius 3 is 2.18 bits per heavy atom. The predicted octanol–water partition coefficient (Wildman–Crippen LogP) is 0.695. The van der Waals surface area contributed by atoms with Gasteiger partial charge in [0.1, 0.15) is 11.5 Å². The highest BCUT2D eigenvalue weighted by Crippen LogP contribution is 2.22. The number of amides is 1. The molecule has 1 heterocycles. The van der Waals surface area contributed by atoms with Crippen molar-refractivity contribution in [2.45, 2.75) is 18.9 Å². The van der Waals surface area contributed by atoms with Gasteiger partial charge in [0, 0.05) is 24.7 Å². The minimum absolute atomic E-state index is 0.134. The highest BCUT2D eigenvalue weighted by molar-refractivity contribution is 5.95. The van der Waals surface area contributed by atoms with E-state index in [0.717, 1.165) is 0 Å². The van der Waals surface area contributed by atoms with E-state index in [9.17, 15) is 20.1 Å². The van der Waals surface area contributed by atoms with E-state index in [2.05, 4.69) is 0 Å². The van der Waals surface area contributed by atoms with E-state index in [1.807, 2.05) is 0 Å². The number of benzene rings is 1.